The summed E-state index contributed by atoms with van der Waals surface area (Å²) in [5.74, 6) is 0.698. The summed E-state index contributed by atoms with van der Waals surface area (Å²) < 4.78 is 0. The van der Waals surface area contributed by atoms with Crippen LogP contribution in [0.15, 0.2) is 54.6 Å². The third-order valence-corrected chi connectivity index (χ3v) is 6.92. The summed E-state index contributed by atoms with van der Waals surface area (Å²) in [7, 11) is 0. The normalized spacial score (nSPS) is 26.7. The van der Waals surface area contributed by atoms with Gasteiger partial charge in [0, 0.05) is 23.7 Å². The zero-order valence-corrected chi connectivity index (χ0v) is 15.9. The van der Waals surface area contributed by atoms with E-state index < -0.39 is 23.3 Å². The minimum Gasteiger partial charge on any atom is -0.365 e. The van der Waals surface area contributed by atoms with Crippen molar-refractivity contribution in [2.75, 3.05) is 27.9 Å². The Balaban J connectivity index is 1.67. The van der Waals surface area contributed by atoms with Crippen LogP contribution in [-0.4, -0.2) is 41.9 Å². The Hall–Kier alpha value is -2.80. The molecule has 1 N–H and O–H groups in total. The highest BCUT2D eigenvalue weighted by Gasteiger charge is 2.62. The summed E-state index contributed by atoms with van der Waals surface area (Å²) in [6.45, 7) is 0.772. The van der Waals surface area contributed by atoms with Crippen molar-refractivity contribution in [1.29, 1.82) is 0 Å². The maximum absolute atomic E-state index is 13.8. The largest absolute Gasteiger partial charge is 0.365 e. The molecular weight excluding hydrogens is 374 g/mol. The molecule has 2 aromatic rings. The number of rotatable bonds is 1. The first-order valence-electron chi connectivity index (χ1n) is 9.30. The third-order valence-electron chi connectivity index (χ3n) is 5.90. The van der Waals surface area contributed by atoms with E-state index in [0.717, 1.165) is 28.4 Å². The van der Waals surface area contributed by atoms with Gasteiger partial charge in [0.25, 0.3) is 5.91 Å². The van der Waals surface area contributed by atoms with Crippen LogP contribution >= 0.6 is 11.8 Å². The van der Waals surface area contributed by atoms with Gasteiger partial charge < -0.3 is 4.90 Å². The van der Waals surface area contributed by atoms with Gasteiger partial charge in [0.15, 0.2) is 5.41 Å². The Bertz CT molecular complexity index is 980. The highest BCUT2D eigenvalue weighted by Crippen LogP contribution is 2.47. The number of thioether (sulfide) groups is 1. The van der Waals surface area contributed by atoms with E-state index in [1.54, 1.807) is 36.0 Å². The third kappa shape index (κ3) is 2.32. The minimum atomic E-state index is -1.31. The summed E-state index contributed by atoms with van der Waals surface area (Å²) in [5, 5.41) is 2.47. The first-order chi connectivity index (χ1) is 13.6. The van der Waals surface area contributed by atoms with Crippen LogP contribution in [0.1, 0.15) is 5.56 Å². The van der Waals surface area contributed by atoms with E-state index in [2.05, 4.69) is 16.3 Å². The van der Waals surface area contributed by atoms with Crippen LogP contribution < -0.4 is 15.1 Å². The number of benzene rings is 2. The van der Waals surface area contributed by atoms with Gasteiger partial charge >= 0.3 is 6.03 Å². The van der Waals surface area contributed by atoms with Gasteiger partial charge in [-0.2, -0.15) is 11.8 Å². The predicted molar refractivity (Wildman–Crippen MR) is 109 cm³/mol. The van der Waals surface area contributed by atoms with Crippen LogP contribution in [0.4, 0.5) is 16.2 Å². The molecule has 3 heterocycles. The average Bonchev–Trinajstić information content (AvgIpc) is 2.73. The average molecular weight is 393 g/mol. The molecule has 2 saturated heterocycles. The lowest BCUT2D eigenvalue weighted by atomic mass is 9.69. The maximum Gasteiger partial charge on any atom is 0.335 e. The number of imide groups is 2. The lowest BCUT2D eigenvalue weighted by Gasteiger charge is -2.53. The molecule has 28 heavy (non-hydrogen) atoms. The molecule has 0 unspecified atom stereocenters. The van der Waals surface area contributed by atoms with Crippen molar-refractivity contribution in [3.63, 3.8) is 0 Å². The Morgan fingerprint density at radius 2 is 1.75 bits per heavy atom. The molecule has 3 aliphatic rings. The number of urea groups is 1. The summed E-state index contributed by atoms with van der Waals surface area (Å²) in [6.07, 6.45) is 0.298. The number of hydrogen-bond acceptors (Lipinski definition) is 5. The Morgan fingerprint density at radius 1 is 1.00 bits per heavy atom. The number of para-hydroxylation sites is 2. The minimum absolute atomic E-state index is 0.284. The van der Waals surface area contributed by atoms with Gasteiger partial charge in [-0.15, -0.1) is 0 Å². The first kappa shape index (κ1) is 17.3. The molecule has 7 heteroatoms. The molecule has 3 aliphatic heterocycles. The second-order valence-corrected chi connectivity index (χ2v) is 8.45. The molecule has 1 spiro atoms. The zero-order valence-electron chi connectivity index (χ0n) is 15.1. The number of fused-ring (bicyclic) bond motifs is 4. The molecule has 0 aromatic heterocycles. The van der Waals surface area contributed by atoms with E-state index in [9.17, 15) is 14.4 Å². The second-order valence-electron chi connectivity index (χ2n) is 7.30. The van der Waals surface area contributed by atoms with Gasteiger partial charge in [-0.3, -0.25) is 14.9 Å². The number of amides is 4. The van der Waals surface area contributed by atoms with Crippen LogP contribution in [0.25, 0.3) is 0 Å². The predicted octanol–water partition coefficient (Wildman–Crippen LogP) is 2.43. The number of carbonyl (C=O) groups excluding carboxylic acids is 3. The Labute approximate surface area is 166 Å². The topological polar surface area (TPSA) is 69.7 Å². The van der Waals surface area contributed by atoms with E-state index in [1.165, 1.54) is 0 Å². The fourth-order valence-electron chi connectivity index (χ4n) is 4.57. The Kier molecular flexibility index (Phi) is 3.94. The molecule has 4 amide bonds. The molecule has 5 rings (SSSR count). The number of nitrogens with zero attached hydrogens (tertiary/aromatic N) is 2. The SMILES string of the molecule is O=C1NC(=O)[C@@]2(Cc3ccccc3N3CCSC[C@@H]32)C(=O)N1c1ccccc1. The maximum atomic E-state index is 13.8. The monoisotopic (exact) mass is 393 g/mol. The first-order valence-corrected chi connectivity index (χ1v) is 10.5. The van der Waals surface area contributed by atoms with Gasteiger partial charge in [-0.05, 0) is 30.2 Å². The highest BCUT2D eigenvalue weighted by atomic mass is 32.2. The number of anilines is 2. The Morgan fingerprint density at radius 3 is 2.57 bits per heavy atom. The lowest BCUT2D eigenvalue weighted by molar-refractivity contribution is -0.144. The smallest absolute Gasteiger partial charge is 0.335 e. The van der Waals surface area contributed by atoms with E-state index in [4.69, 9.17) is 0 Å². The lowest BCUT2D eigenvalue weighted by Crippen LogP contribution is -2.73. The number of hydrogen-bond donors (Lipinski definition) is 1. The molecule has 0 radical (unpaired) electrons. The number of carbonyl (C=O) groups is 3. The molecule has 2 fully saturated rings. The van der Waals surface area contributed by atoms with Crippen LogP contribution in [-0.2, 0) is 16.0 Å². The molecular formula is C21H19N3O3S. The van der Waals surface area contributed by atoms with Crippen LogP contribution in [0.5, 0.6) is 0 Å². The summed E-state index contributed by atoms with van der Waals surface area (Å²) in [4.78, 5) is 42.9. The van der Waals surface area contributed by atoms with E-state index >= 15 is 0 Å². The summed E-state index contributed by atoms with van der Waals surface area (Å²) >= 11 is 1.75. The van der Waals surface area contributed by atoms with Crippen LogP contribution in [0.3, 0.4) is 0 Å². The number of nitrogens with one attached hydrogen (secondary N) is 1. The van der Waals surface area contributed by atoms with Gasteiger partial charge in [0.05, 0.1) is 11.7 Å². The summed E-state index contributed by atoms with van der Waals surface area (Å²) in [5.41, 5.74) is 1.22. The van der Waals surface area contributed by atoms with E-state index in [1.807, 2.05) is 24.3 Å². The van der Waals surface area contributed by atoms with Crippen molar-refractivity contribution in [3.8, 4) is 0 Å². The van der Waals surface area contributed by atoms with Crippen molar-refractivity contribution in [3.05, 3.63) is 60.2 Å². The molecule has 2 atom stereocenters. The van der Waals surface area contributed by atoms with Gasteiger partial charge in [0.1, 0.15) is 0 Å². The molecule has 0 bridgehead atoms. The van der Waals surface area contributed by atoms with E-state index in [-0.39, 0.29) is 6.04 Å². The van der Waals surface area contributed by atoms with Crippen molar-refractivity contribution < 1.29 is 14.4 Å². The van der Waals surface area contributed by atoms with Crippen molar-refractivity contribution in [1.82, 2.24) is 5.32 Å². The standard InChI is InChI=1S/C21H19N3O3S/c25-18-21(19(26)24(20(27)22-18)15-7-2-1-3-8-15)12-14-6-4-5-9-16(14)23-10-11-28-13-17(21)23/h1-9,17H,10-13H2,(H,22,25,27)/t17-,21+/m1/s1. The van der Waals surface area contributed by atoms with Crippen molar-refractivity contribution in [2.45, 2.75) is 12.5 Å². The summed E-state index contributed by atoms with van der Waals surface area (Å²) in [6, 6.07) is 15.8. The second kappa shape index (κ2) is 6.38. The molecule has 0 saturated carbocycles. The van der Waals surface area contributed by atoms with Crippen molar-refractivity contribution in [2.24, 2.45) is 5.41 Å². The van der Waals surface area contributed by atoms with Crippen molar-refractivity contribution >= 4 is 41.0 Å². The van der Waals surface area contributed by atoms with Crippen LogP contribution in [0.2, 0.25) is 0 Å². The molecule has 142 valence electrons. The molecule has 2 aromatic carbocycles. The van der Waals surface area contributed by atoms with Gasteiger partial charge in [-0.1, -0.05) is 36.4 Å². The molecule has 6 nitrogen and oxygen atoms in total. The fourth-order valence-corrected chi connectivity index (χ4v) is 5.75. The van der Waals surface area contributed by atoms with E-state index in [0.29, 0.717) is 17.9 Å². The quantitative estimate of drug-likeness (QED) is 0.754. The highest BCUT2D eigenvalue weighted by molar-refractivity contribution is 7.99. The van der Waals surface area contributed by atoms with Crippen LogP contribution in [0, 0.1) is 5.41 Å². The zero-order chi connectivity index (χ0) is 19.3. The number of barbiturate groups is 1. The molecule has 0 aliphatic carbocycles. The van der Waals surface area contributed by atoms with Gasteiger partial charge in [0.2, 0.25) is 5.91 Å². The van der Waals surface area contributed by atoms with Gasteiger partial charge in [-0.25, -0.2) is 9.69 Å². The fraction of sp³-hybridized carbons (Fsp3) is 0.286.